The van der Waals surface area contributed by atoms with E-state index in [0.717, 1.165) is 10.4 Å². The fraction of sp³-hybridized carbons (Fsp3) is 0.261. The molecule has 0 bridgehead atoms. The summed E-state index contributed by atoms with van der Waals surface area (Å²) in [6.07, 6.45) is 1.58. The van der Waals surface area contributed by atoms with Crippen molar-refractivity contribution in [1.82, 2.24) is 4.57 Å². The minimum absolute atomic E-state index is 0.180. The molecule has 160 valence electrons. The number of thiazole rings is 1. The fourth-order valence-corrected chi connectivity index (χ4v) is 5.23. The molecule has 4 rings (SSSR count). The fourth-order valence-electron chi connectivity index (χ4n) is 3.46. The zero-order valence-corrected chi connectivity index (χ0v) is 19.3. The summed E-state index contributed by atoms with van der Waals surface area (Å²) in [6, 6.07) is 10.6. The highest BCUT2D eigenvalue weighted by Gasteiger charge is 2.33. The lowest BCUT2D eigenvalue weighted by Gasteiger charge is -2.25. The van der Waals surface area contributed by atoms with Crippen molar-refractivity contribution in [2.24, 2.45) is 4.99 Å². The number of benzene rings is 1. The SMILES string of the molecule is COc1ccc([C@H]2C(C(=O)OC(C)C)=C(C)N=c3s/c(=C/c4cccs4)c(=O)n32)cc1. The molecule has 31 heavy (non-hydrogen) atoms. The van der Waals surface area contributed by atoms with E-state index in [-0.39, 0.29) is 11.7 Å². The van der Waals surface area contributed by atoms with Gasteiger partial charge in [-0.05, 0) is 56.0 Å². The van der Waals surface area contributed by atoms with Gasteiger partial charge in [0.05, 0.1) is 35.1 Å². The average Bonchev–Trinajstić information content (AvgIpc) is 3.35. The number of esters is 1. The van der Waals surface area contributed by atoms with Gasteiger partial charge in [-0.3, -0.25) is 9.36 Å². The van der Waals surface area contributed by atoms with Gasteiger partial charge in [-0.15, -0.1) is 11.3 Å². The zero-order valence-electron chi connectivity index (χ0n) is 17.6. The normalized spacial score (nSPS) is 16.3. The number of rotatable bonds is 5. The molecule has 0 aliphatic carbocycles. The Bertz CT molecular complexity index is 1310. The van der Waals surface area contributed by atoms with E-state index < -0.39 is 12.0 Å². The molecule has 8 heteroatoms. The molecule has 2 aromatic heterocycles. The van der Waals surface area contributed by atoms with E-state index in [1.807, 2.05) is 47.9 Å². The summed E-state index contributed by atoms with van der Waals surface area (Å²) >= 11 is 2.88. The maximum atomic E-state index is 13.4. The molecule has 3 aromatic rings. The minimum atomic E-state index is -0.626. The second-order valence-corrected chi connectivity index (χ2v) is 9.31. The van der Waals surface area contributed by atoms with E-state index in [1.54, 1.807) is 43.8 Å². The van der Waals surface area contributed by atoms with Crippen LogP contribution in [0.15, 0.2) is 62.8 Å². The van der Waals surface area contributed by atoms with Crippen molar-refractivity contribution in [3.63, 3.8) is 0 Å². The minimum Gasteiger partial charge on any atom is -0.497 e. The van der Waals surface area contributed by atoms with Crippen molar-refractivity contribution < 1.29 is 14.3 Å². The number of nitrogens with zero attached hydrogens (tertiary/aromatic N) is 2. The van der Waals surface area contributed by atoms with Crippen molar-refractivity contribution in [3.8, 4) is 5.75 Å². The first-order chi connectivity index (χ1) is 14.9. The lowest BCUT2D eigenvalue weighted by Crippen LogP contribution is -2.40. The molecule has 0 saturated heterocycles. The number of allylic oxidation sites excluding steroid dienone is 1. The predicted octanol–water partition coefficient (Wildman–Crippen LogP) is 3.26. The topological polar surface area (TPSA) is 69.9 Å². The van der Waals surface area contributed by atoms with Gasteiger partial charge in [-0.25, -0.2) is 9.79 Å². The second-order valence-electron chi connectivity index (χ2n) is 7.32. The summed E-state index contributed by atoms with van der Waals surface area (Å²) in [6.45, 7) is 5.38. The third-order valence-corrected chi connectivity index (χ3v) is 6.63. The Morgan fingerprint density at radius 1 is 1.23 bits per heavy atom. The van der Waals surface area contributed by atoms with Crippen LogP contribution in [0.1, 0.15) is 37.3 Å². The van der Waals surface area contributed by atoms with Crippen molar-refractivity contribution in [1.29, 1.82) is 0 Å². The molecular weight excluding hydrogens is 432 g/mol. The van der Waals surface area contributed by atoms with E-state index in [9.17, 15) is 9.59 Å². The molecule has 0 spiro atoms. The van der Waals surface area contributed by atoms with E-state index in [0.29, 0.717) is 26.4 Å². The van der Waals surface area contributed by atoms with Crippen LogP contribution in [0.3, 0.4) is 0 Å². The van der Waals surface area contributed by atoms with Gasteiger partial charge in [0.25, 0.3) is 5.56 Å². The van der Waals surface area contributed by atoms with Crippen LogP contribution in [-0.2, 0) is 9.53 Å². The Kier molecular flexibility index (Phi) is 5.93. The molecular formula is C23H22N2O4S2. The number of methoxy groups -OCH3 is 1. The molecule has 1 atom stereocenters. The highest BCUT2D eigenvalue weighted by atomic mass is 32.1. The first-order valence-corrected chi connectivity index (χ1v) is 11.5. The molecule has 3 heterocycles. The summed E-state index contributed by atoms with van der Waals surface area (Å²) in [4.78, 5) is 32.6. The number of thiophene rings is 1. The maximum absolute atomic E-state index is 13.4. The molecule has 0 N–H and O–H groups in total. The Hall–Kier alpha value is -2.97. The Morgan fingerprint density at radius 3 is 2.58 bits per heavy atom. The number of carbonyl (C=O) groups is 1. The lowest BCUT2D eigenvalue weighted by molar-refractivity contribution is -0.143. The summed E-state index contributed by atoms with van der Waals surface area (Å²) < 4.78 is 12.9. The molecule has 1 aliphatic heterocycles. The lowest BCUT2D eigenvalue weighted by atomic mass is 9.96. The summed E-state index contributed by atoms with van der Waals surface area (Å²) in [5.74, 6) is 0.227. The third kappa shape index (κ3) is 4.13. The molecule has 1 aliphatic rings. The molecule has 1 aromatic carbocycles. The predicted molar refractivity (Wildman–Crippen MR) is 122 cm³/mol. The highest BCUT2D eigenvalue weighted by molar-refractivity contribution is 7.11. The van der Waals surface area contributed by atoms with Crippen LogP contribution >= 0.6 is 22.7 Å². The number of carbonyl (C=O) groups excluding carboxylic acids is 1. The largest absolute Gasteiger partial charge is 0.497 e. The van der Waals surface area contributed by atoms with Gasteiger partial charge in [-0.1, -0.05) is 29.5 Å². The molecule has 0 saturated carbocycles. The maximum Gasteiger partial charge on any atom is 0.338 e. The Balaban J connectivity index is 1.94. The van der Waals surface area contributed by atoms with Gasteiger partial charge in [0.15, 0.2) is 4.80 Å². The first kappa shape index (κ1) is 21.3. The van der Waals surface area contributed by atoms with Gasteiger partial charge < -0.3 is 9.47 Å². The molecule has 6 nitrogen and oxygen atoms in total. The van der Waals surface area contributed by atoms with Crippen LogP contribution in [0.5, 0.6) is 5.75 Å². The van der Waals surface area contributed by atoms with Gasteiger partial charge in [0, 0.05) is 4.88 Å². The van der Waals surface area contributed by atoms with Crippen molar-refractivity contribution in [3.05, 3.63) is 83.2 Å². The molecule has 0 radical (unpaired) electrons. The molecule has 0 amide bonds. The summed E-state index contributed by atoms with van der Waals surface area (Å²) in [7, 11) is 1.60. The first-order valence-electron chi connectivity index (χ1n) is 9.80. The van der Waals surface area contributed by atoms with Crippen molar-refractivity contribution in [2.75, 3.05) is 7.11 Å². The van der Waals surface area contributed by atoms with Gasteiger partial charge in [-0.2, -0.15) is 0 Å². The monoisotopic (exact) mass is 454 g/mol. The molecule has 0 fully saturated rings. The van der Waals surface area contributed by atoms with Crippen LogP contribution in [0.2, 0.25) is 0 Å². The Morgan fingerprint density at radius 2 is 1.97 bits per heavy atom. The second kappa shape index (κ2) is 8.64. The van der Waals surface area contributed by atoms with Crippen LogP contribution in [-0.4, -0.2) is 23.8 Å². The van der Waals surface area contributed by atoms with Gasteiger partial charge in [0.1, 0.15) is 5.75 Å². The van der Waals surface area contributed by atoms with Crippen LogP contribution < -0.4 is 19.6 Å². The van der Waals surface area contributed by atoms with Gasteiger partial charge in [0.2, 0.25) is 0 Å². The molecule has 0 unspecified atom stereocenters. The van der Waals surface area contributed by atoms with Crippen LogP contribution in [0.4, 0.5) is 0 Å². The Labute approximate surface area is 187 Å². The average molecular weight is 455 g/mol. The van der Waals surface area contributed by atoms with Crippen LogP contribution in [0.25, 0.3) is 6.08 Å². The third-order valence-electron chi connectivity index (χ3n) is 4.83. The standard InChI is InChI=1S/C23H22N2O4S2/c1-13(2)29-22(27)19-14(3)24-23-25(20(19)15-7-9-16(28-4)10-8-15)21(26)18(31-23)12-17-6-5-11-30-17/h5-13,20H,1-4H3/b18-12+/t20-/m0/s1. The number of fused-ring (bicyclic) bond motifs is 1. The van der Waals surface area contributed by atoms with E-state index in [4.69, 9.17) is 9.47 Å². The van der Waals surface area contributed by atoms with E-state index in [1.165, 1.54) is 11.3 Å². The highest BCUT2D eigenvalue weighted by Crippen LogP contribution is 2.31. The number of hydrogen-bond acceptors (Lipinski definition) is 7. The number of ether oxygens (including phenoxy) is 2. The van der Waals surface area contributed by atoms with Crippen molar-refractivity contribution >= 4 is 34.7 Å². The van der Waals surface area contributed by atoms with Gasteiger partial charge >= 0.3 is 5.97 Å². The van der Waals surface area contributed by atoms with E-state index in [2.05, 4.69) is 4.99 Å². The quantitative estimate of drug-likeness (QED) is 0.555. The summed E-state index contributed by atoms with van der Waals surface area (Å²) in [5, 5.41) is 1.97. The van der Waals surface area contributed by atoms with E-state index >= 15 is 0 Å². The number of hydrogen-bond donors (Lipinski definition) is 0. The smallest absolute Gasteiger partial charge is 0.338 e. The zero-order chi connectivity index (χ0) is 22.1. The van der Waals surface area contributed by atoms with Crippen molar-refractivity contribution in [2.45, 2.75) is 32.9 Å². The van der Waals surface area contributed by atoms with Crippen LogP contribution in [0, 0.1) is 0 Å². The summed E-state index contributed by atoms with van der Waals surface area (Å²) in [5.41, 5.74) is 1.53. The number of aromatic nitrogens is 1.